The average Bonchev–Trinajstić information content (AvgIpc) is 2.86. The summed E-state index contributed by atoms with van der Waals surface area (Å²) in [5.41, 5.74) is 2.20. The van der Waals surface area contributed by atoms with E-state index in [0.717, 1.165) is 30.7 Å². The number of aliphatic hydroxyl groups excluding tert-OH is 1. The molecular formula is C16H20N2O. The summed E-state index contributed by atoms with van der Waals surface area (Å²) in [6, 6.07) is 13.0. The summed E-state index contributed by atoms with van der Waals surface area (Å²) >= 11 is 0. The Hall–Kier alpha value is -1.45. The van der Waals surface area contributed by atoms with Gasteiger partial charge in [-0.25, -0.2) is 0 Å². The monoisotopic (exact) mass is 256 g/mol. The van der Waals surface area contributed by atoms with Gasteiger partial charge >= 0.3 is 0 Å². The Kier molecular flexibility index (Phi) is 3.76. The number of hydrogen-bond donors (Lipinski definition) is 1. The molecule has 0 aliphatic carbocycles. The highest BCUT2D eigenvalue weighted by Gasteiger charge is 2.24. The maximum atomic E-state index is 9.11. The minimum absolute atomic E-state index is 0.284. The molecule has 3 rings (SSSR count). The molecule has 0 saturated carbocycles. The van der Waals surface area contributed by atoms with E-state index < -0.39 is 0 Å². The average molecular weight is 256 g/mol. The Morgan fingerprint density at radius 2 is 2.11 bits per heavy atom. The van der Waals surface area contributed by atoms with Crippen molar-refractivity contribution in [3.63, 3.8) is 0 Å². The zero-order valence-electron chi connectivity index (χ0n) is 11.1. The Morgan fingerprint density at radius 3 is 3.00 bits per heavy atom. The summed E-state index contributed by atoms with van der Waals surface area (Å²) < 4.78 is 0. The number of likely N-dealkylation sites (tertiary alicyclic amines) is 1. The first-order valence-electron chi connectivity index (χ1n) is 7.06. The van der Waals surface area contributed by atoms with Crippen LogP contribution in [0.4, 0.5) is 0 Å². The van der Waals surface area contributed by atoms with E-state index in [1.807, 2.05) is 12.1 Å². The van der Waals surface area contributed by atoms with Crippen molar-refractivity contribution in [3.05, 3.63) is 42.1 Å². The number of hydrogen-bond acceptors (Lipinski definition) is 3. The van der Waals surface area contributed by atoms with Crippen molar-refractivity contribution in [2.45, 2.75) is 31.8 Å². The van der Waals surface area contributed by atoms with Crippen molar-refractivity contribution in [2.24, 2.45) is 0 Å². The minimum Gasteiger partial charge on any atom is -0.396 e. The predicted octanol–water partition coefficient (Wildman–Crippen LogP) is 2.58. The van der Waals surface area contributed by atoms with Crippen LogP contribution in [-0.4, -0.2) is 34.2 Å². The molecule has 19 heavy (non-hydrogen) atoms. The van der Waals surface area contributed by atoms with E-state index in [9.17, 15) is 0 Å². The summed E-state index contributed by atoms with van der Waals surface area (Å²) in [6.07, 6.45) is 3.32. The van der Waals surface area contributed by atoms with Crippen LogP contribution in [0.15, 0.2) is 36.4 Å². The summed E-state index contributed by atoms with van der Waals surface area (Å²) in [4.78, 5) is 7.18. The molecule has 1 atom stereocenters. The molecule has 0 unspecified atom stereocenters. The fourth-order valence-corrected chi connectivity index (χ4v) is 2.98. The van der Waals surface area contributed by atoms with Crippen molar-refractivity contribution >= 4 is 10.9 Å². The number of nitrogens with zero attached hydrogens (tertiary/aromatic N) is 2. The molecule has 1 aromatic carbocycles. The first-order valence-corrected chi connectivity index (χ1v) is 7.06. The van der Waals surface area contributed by atoms with Gasteiger partial charge < -0.3 is 5.11 Å². The maximum Gasteiger partial charge on any atom is 0.0705 e. The normalized spacial score (nSPS) is 20.2. The third kappa shape index (κ3) is 2.77. The van der Waals surface area contributed by atoms with Gasteiger partial charge in [0.05, 0.1) is 11.2 Å². The summed E-state index contributed by atoms with van der Waals surface area (Å²) in [5.74, 6) is 0. The molecule has 0 amide bonds. The number of aliphatic hydroxyl groups is 1. The highest BCUT2D eigenvalue weighted by Crippen LogP contribution is 2.22. The first-order chi connectivity index (χ1) is 9.36. The van der Waals surface area contributed by atoms with Crippen LogP contribution in [0.5, 0.6) is 0 Å². The van der Waals surface area contributed by atoms with Crippen molar-refractivity contribution in [1.29, 1.82) is 0 Å². The second kappa shape index (κ2) is 5.68. The van der Waals surface area contributed by atoms with Gasteiger partial charge in [-0.15, -0.1) is 0 Å². The largest absolute Gasteiger partial charge is 0.396 e. The molecule has 3 heteroatoms. The Bertz CT molecular complexity index is 555. The molecule has 1 N–H and O–H groups in total. The Morgan fingerprint density at radius 1 is 1.21 bits per heavy atom. The van der Waals surface area contributed by atoms with Crippen LogP contribution >= 0.6 is 0 Å². The molecule has 1 aliphatic heterocycles. The molecule has 1 fully saturated rings. The Balaban J connectivity index is 1.77. The first kappa shape index (κ1) is 12.6. The Labute approximate surface area is 113 Å². The second-order valence-electron chi connectivity index (χ2n) is 5.27. The lowest BCUT2D eigenvalue weighted by Crippen LogP contribution is -2.29. The van der Waals surface area contributed by atoms with Gasteiger partial charge in [0.25, 0.3) is 0 Å². The molecule has 0 radical (unpaired) electrons. The topological polar surface area (TPSA) is 36.4 Å². The summed E-state index contributed by atoms with van der Waals surface area (Å²) in [5, 5.41) is 10.3. The van der Waals surface area contributed by atoms with Crippen molar-refractivity contribution in [1.82, 2.24) is 9.88 Å². The van der Waals surface area contributed by atoms with Crippen molar-refractivity contribution in [2.75, 3.05) is 13.2 Å². The van der Waals surface area contributed by atoms with E-state index in [1.54, 1.807) is 0 Å². The van der Waals surface area contributed by atoms with Crippen LogP contribution in [0.25, 0.3) is 10.9 Å². The van der Waals surface area contributed by atoms with E-state index in [0.29, 0.717) is 6.04 Å². The lowest BCUT2D eigenvalue weighted by atomic mass is 10.1. The molecule has 0 spiro atoms. The summed E-state index contributed by atoms with van der Waals surface area (Å²) in [6.45, 7) is 2.31. The van der Waals surface area contributed by atoms with Gasteiger partial charge in [0.1, 0.15) is 0 Å². The molecule has 2 aromatic rings. The standard InChI is InChI=1S/C16H20N2O/c19-11-9-15-5-3-10-18(15)12-14-8-7-13-4-1-2-6-16(13)17-14/h1-2,4,6-8,15,19H,3,5,9-12H2/t15-/m1/s1. The fraction of sp³-hybridized carbons (Fsp3) is 0.438. The van der Waals surface area contributed by atoms with Crippen LogP contribution in [0.2, 0.25) is 0 Å². The van der Waals surface area contributed by atoms with Gasteiger partial charge in [-0.05, 0) is 37.9 Å². The van der Waals surface area contributed by atoms with E-state index in [-0.39, 0.29) is 6.61 Å². The van der Waals surface area contributed by atoms with Crippen LogP contribution < -0.4 is 0 Å². The quantitative estimate of drug-likeness (QED) is 0.913. The zero-order chi connectivity index (χ0) is 13.1. The molecule has 1 saturated heterocycles. The van der Waals surface area contributed by atoms with Gasteiger partial charge in [0.15, 0.2) is 0 Å². The number of aromatic nitrogens is 1. The number of benzene rings is 1. The van der Waals surface area contributed by atoms with E-state index in [2.05, 4.69) is 29.2 Å². The number of para-hydroxylation sites is 1. The van der Waals surface area contributed by atoms with E-state index >= 15 is 0 Å². The number of fused-ring (bicyclic) bond motifs is 1. The van der Waals surface area contributed by atoms with Crippen LogP contribution in [0, 0.1) is 0 Å². The molecule has 1 aromatic heterocycles. The second-order valence-corrected chi connectivity index (χ2v) is 5.27. The maximum absolute atomic E-state index is 9.11. The third-order valence-corrected chi connectivity index (χ3v) is 3.98. The molecule has 2 heterocycles. The van der Waals surface area contributed by atoms with Crippen LogP contribution in [0.1, 0.15) is 25.0 Å². The van der Waals surface area contributed by atoms with Crippen molar-refractivity contribution < 1.29 is 5.11 Å². The number of rotatable bonds is 4. The predicted molar refractivity (Wildman–Crippen MR) is 76.9 cm³/mol. The van der Waals surface area contributed by atoms with Gasteiger partial charge in [-0.2, -0.15) is 0 Å². The van der Waals surface area contributed by atoms with Gasteiger partial charge in [0.2, 0.25) is 0 Å². The van der Waals surface area contributed by atoms with Gasteiger partial charge in [-0.3, -0.25) is 9.88 Å². The molecular weight excluding hydrogens is 236 g/mol. The minimum atomic E-state index is 0.284. The van der Waals surface area contributed by atoms with E-state index in [4.69, 9.17) is 10.1 Å². The lowest BCUT2D eigenvalue weighted by molar-refractivity contribution is 0.188. The van der Waals surface area contributed by atoms with Gasteiger partial charge in [0, 0.05) is 24.6 Å². The molecule has 100 valence electrons. The van der Waals surface area contributed by atoms with Crippen LogP contribution in [0.3, 0.4) is 0 Å². The third-order valence-electron chi connectivity index (χ3n) is 3.98. The molecule has 3 nitrogen and oxygen atoms in total. The zero-order valence-corrected chi connectivity index (χ0v) is 11.1. The number of pyridine rings is 1. The van der Waals surface area contributed by atoms with Crippen LogP contribution in [-0.2, 0) is 6.54 Å². The smallest absolute Gasteiger partial charge is 0.0705 e. The summed E-state index contributed by atoms with van der Waals surface area (Å²) in [7, 11) is 0. The van der Waals surface area contributed by atoms with E-state index in [1.165, 1.54) is 18.2 Å². The molecule has 0 bridgehead atoms. The highest BCUT2D eigenvalue weighted by molar-refractivity contribution is 5.78. The van der Waals surface area contributed by atoms with Crippen molar-refractivity contribution in [3.8, 4) is 0 Å². The SMILES string of the molecule is OCC[C@H]1CCCN1Cc1ccc2ccccc2n1. The highest BCUT2D eigenvalue weighted by atomic mass is 16.3. The fourth-order valence-electron chi connectivity index (χ4n) is 2.98. The lowest BCUT2D eigenvalue weighted by Gasteiger charge is -2.23. The van der Waals surface area contributed by atoms with Gasteiger partial charge in [-0.1, -0.05) is 24.3 Å². The molecule has 1 aliphatic rings.